The third kappa shape index (κ3) is 9.46. The van der Waals surface area contributed by atoms with Crippen molar-refractivity contribution in [3.63, 3.8) is 0 Å². The van der Waals surface area contributed by atoms with Crippen LogP contribution in [0.1, 0.15) is 82.6 Å². The molecule has 2 aromatic rings. The monoisotopic (exact) mass is 585 g/mol. The molecule has 0 bridgehead atoms. The maximum Gasteiger partial charge on any atom is 0.272 e. The molecule has 234 valence electrons. The van der Waals surface area contributed by atoms with E-state index in [9.17, 15) is 14.7 Å². The number of amides is 2. The fourth-order valence-electron chi connectivity index (χ4n) is 5.44. The Morgan fingerprint density at radius 2 is 1.69 bits per heavy atom. The van der Waals surface area contributed by atoms with Gasteiger partial charge in [-0.15, -0.1) is 0 Å². The molecule has 0 radical (unpaired) electrons. The molecule has 1 unspecified atom stereocenters. The summed E-state index contributed by atoms with van der Waals surface area (Å²) in [7, 11) is 3.23. The standard InChI is InChI=1S/C32H51N5O5/c1-6-23(7-2)22-37-27(31-28(41-4)13-12-14-29(31)42-5)20-26(35-37)32(40)34-24(15-18-36-16-10-9-11-17-36)19-30(39)33-21-25(38)8-3/h12-14,20,23-25,38H,6-11,15-19,21-22H2,1-5H3,(H,33,39)(H,34,40)/t24-,25?/m0/s1. The van der Waals surface area contributed by atoms with Gasteiger partial charge in [-0.05, 0) is 62.9 Å². The van der Waals surface area contributed by atoms with E-state index in [1.807, 2.05) is 29.8 Å². The molecule has 0 saturated carbocycles. The molecule has 3 N–H and O–H groups in total. The summed E-state index contributed by atoms with van der Waals surface area (Å²) in [5.74, 6) is 1.15. The minimum absolute atomic E-state index is 0.137. The maximum absolute atomic E-state index is 13.7. The molecule has 42 heavy (non-hydrogen) atoms. The average molecular weight is 586 g/mol. The number of nitrogens with zero attached hydrogens (tertiary/aromatic N) is 3. The lowest BCUT2D eigenvalue weighted by Crippen LogP contribution is -2.43. The third-order valence-electron chi connectivity index (χ3n) is 8.30. The van der Waals surface area contributed by atoms with E-state index in [1.54, 1.807) is 20.3 Å². The molecule has 1 aliphatic rings. The van der Waals surface area contributed by atoms with E-state index in [0.29, 0.717) is 36.8 Å². The number of aromatic nitrogens is 2. The highest BCUT2D eigenvalue weighted by molar-refractivity contribution is 5.94. The number of methoxy groups -OCH3 is 2. The first-order chi connectivity index (χ1) is 20.3. The Balaban J connectivity index is 1.87. The first-order valence-corrected chi connectivity index (χ1v) is 15.6. The quantitative estimate of drug-likeness (QED) is 0.254. The minimum atomic E-state index is -0.584. The zero-order valence-electron chi connectivity index (χ0n) is 26.2. The number of piperidine rings is 1. The van der Waals surface area contributed by atoms with Crippen LogP contribution in [0.4, 0.5) is 0 Å². The molecular formula is C32H51N5O5. The Morgan fingerprint density at radius 1 is 1.02 bits per heavy atom. The van der Waals surface area contributed by atoms with Crippen LogP contribution in [-0.2, 0) is 11.3 Å². The van der Waals surface area contributed by atoms with Gasteiger partial charge in [-0.1, -0.05) is 46.1 Å². The van der Waals surface area contributed by atoms with Crippen LogP contribution in [0.25, 0.3) is 11.3 Å². The Morgan fingerprint density at radius 3 is 2.29 bits per heavy atom. The van der Waals surface area contributed by atoms with E-state index < -0.39 is 6.10 Å². The first-order valence-electron chi connectivity index (χ1n) is 15.6. The number of aliphatic hydroxyl groups is 1. The van der Waals surface area contributed by atoms with E-state index in [1.165, 1.54) is 19.3 Å². The van der Waals surface area contributed by atoms with Gasteiger partial charge in [0.1, 0.15) is 11.5 Å². The maximum atomic E-state index is 13.7. The first kappa shape index (κ1) is 33.4. The van der Waals surface area contributed by atoms with E-state index in [-0.39, 0.29) is 36.5 Å². The number of likely N-dealkylation sites (tertiary alicyclic amines) is 1. The molecule has 1 aromatic carbocycles. The van der Waals surface area contributed by atoms with Crippen molar-refractivity contribution in [1.29, 1.82) is 0 Å². The number of hydrogen-bond acceptors (Lipinski definition) is 7. The highest BCUT2D eigenvalue weighted by Gasteiger charge is 2.25. The van der Waals surface area contributed by atoms with Gasteiger partial charge in [0.15, 0.2) is 5.69 Å². The van der Waals surface area contributed by atoms with Gasteiger partial charge in [-0.3, -0.25) is 14.3 Å². The molecule has 3 rings (SSSR count). The van der Waals surface area contributed by atoms with Gasteiger partial charge in [0.2, 0.25) is 5.91 Å². The van der Waals surface area contributed by atoms with Gasteiger partial charge in [-0.2, -0.15) is 5.10 Å². The molecule has 0 spiro atoms. The van der Waals surface area contributed by atoms with Crippen LogP contribution in [0.3, 0.4) is 0 Å². The normalized spacial score (nSPS) is 15.3. The highest BCUT2D eigenvalue weighted by atomic mass is 16.5. The number of carbonyl (C=O) groups is 2. The Labute approximate surface area is 251 Å². The van der Waals surface area contributed by atoms with Crippen molar-refractivity contribution in [1.82, 2.24) is 25.3 Å². The molecule has 2 heterocycles. The van der Waals surface area contributed by atoms with Gasteiger partial charge < -0.3 is 30.1 Å². The molecule has 1 aliphatic heterocycles. The molecule has 10 heteroatoms. The predicted molar refractivity (Wildman–Crippen MR) is 165 cm³/mol. The number of rotatable bonds is 17. The van der Waals surface area contributed by atoms with Gasteiger partial charge in [-0.25, -0.2) is 0 Å². The summed E-state index contributed by atoms with van der Waals surface area (Å²) in [5, 5.41) is 20.6. The van der Waals surface area contributed by atoms with Crippen LogP contribution in [-0.4, -0.2) is 84.1 Å². The largest absolute Gasteiger partial charge is 0.496 e. The summed E-state index contributed by atoms with van der Waals surface area (Å²) < 4.78 is 13.2. The summed E-state index contributed by atoms with van der Waals surface area (Å²) in [4.78, 5) is 28.9. The lowest BCUT2D eigenvalue weighted by Gasteiger charge is -2.28. The Kier molecular flexibility index (Phi) is 13.6. The summed E-state index contributed by atoms with van der Waals surface area (Å²) in [6.45, 7) is 9.93. The number of ether oxygens (including phenoxy) is 2. The second-order valence-corrected chi connectivity index (χ2v) is 11.2. The lowest BCUT2D eigenvalue weighted by atomic mass is 10.0. The SMILES string of the molecule is CCC(O)CNC(=O)C[C@H](CCN1CCCCC1)NC(=O)c1cc(-c2c(OC)cccc2OC)n(CC(CC)CC)n1. The second kappa shape index (κ2) is 17.1. The van der Waals surface area contributed by atoms with Gasteiger partial charge in [0, 0.05) is 32.1 Å². The van der Waals surface area contributed by atoms with Crippen LogP contribution in [0.15, 0.2) is 24.3 Å². The van der Waals surface area contributed by atoms with Crippen molar-refractivity contribution in [3.05, 3.63) is 30.0 Å². The highest BCUT2D eigenvalue weighted by Crippen LogP contribution is 2.39. The molecule has 2 amide bonds. The topological polar surface area (TPSA) is 118 Å². The van der Waals surface area contributed by atoms with Crippen molar-refractivity contribution in [2.75, 3.05) is 40.4 Å². The number of carbonyl (C=O) groups excluding carboxylic acids is 2. The van der Waals surface area contributed by atoms with Crippen LogP contribution >= 0.6 is 0 Å². The van der Waals surface area contributed by atoms with Crippen molar-refractivity contribution >= 4 is 11.8 Å². The molecule has 1 fully saturated rings. The van der Waals surface area contributed by atoms with Crippen LogP contribution in [0.2, 0.25) is 0 Å². The van der Waals surface area contributed by atoms with E-state index in [0.717, 1.165) is 43.7 Å². The van der Waals surface area contributed by atoms with E-state index in [2.05, 4.69) is 29.4 Å². The summed E-state index contributed by atoms with van der Waals surface area (Å²) in [5.41, 5.74) is 1.78. The van der Waals surface area contributed by atoms with Crippen molar-refractivity contribution in [2.24, 2.45) is 5.92 Å². The number of benzene rings is 1. The lowest BCUT2D eigenvalue weighted by molar-refractivity contribution is -0.122. The van der Waals surface area contributed by atoms with E-state index >= 15 is 0 Å². The number of nitrogens with one attached hydrogen (secondary N) is 2. The van der Waals surface area contributed by atoms with Gasteiger partial charge in [0.05, 0.1) is 31.6 Å². The molecule has 1 saturated heterocycles. The summed E-state index contributed by atoms with van der Waals surface area (Å²) in [6.07, 6.45) is 6.34. The third-order valence-corrected chi connectivity index (χ3v) is 8.30. The Hall–Kier alpha value is -3.11. The smallest absolute Gasteiger partial charge is 0.272 e. The van der Waals surface area contributed by atoms with Gasteiger partial charge in [0.25, 0.3) is 5.91 Å². The zero-order chi connectivity index (χ0) is 30.5. The van der Waals surface area contributed by atoms with Crippen molar-refractivity contribution in [3.8, 4) is 22.8 Å². The predicted octanol–water partition coefficient (Wildman–Crippen LogP) is 4.26. The average Bonchev–Trinajstić information content (AvgIpc) is 3.44. The minimum Gasteiger partial charge on any atom is -0.496 e. The number of aliphatic hydroxyl groups excluding tert-OH is 1. The summed E-state index contributed by atoms with van der Waals surface area (Å²) in [6, 6.07) is 7.03. The molecule has 1 aromatic heterocycles. The fraction of sp³-hybridized carbons (Fsp3) is 0.656. The number of hydrogen-bond donors (Lipinski definition) is 3. The fourth-order valence-corrected chi connectivity index (χ4v) is 5.44. The second-order valence-electron chi connectivity index (χ2n) is 11.2. The summed E-state index contributed by atoms with van der Waals surface area (Å²) >= 11 is 0. The van der Waals surface area contributed by atoms with Crippen LogP contribution < -0.4 is 20.1 Å². The van der Waals surface area contributed by atoms with Crippen molar-refractivity contribution < 1.29 is 24.2 Å². The molecule has 0 aliphatic carbocycles. The van der Waals surface area contributed by atoms with E-state index in [4.69, 9.17) is 14.6 Å². The Bertz CT molecular complexity index is 1100. The van der Waals surface area contributed by atoms with Crippen LogP contribution in [0, 0.1) is 5.92 Å². The molecule has 2 atom stereocenters. The molecule has 10 nitrogen and oxygen atoms in total. The molecular weight excluding hydrogens is 534 g/mol. The van der Waals surface area contributed by atoms with Crippen molar-refractivity contribution in [2.45, 2.75) is 90.8 Å². The zero-order valence-corrected chi connectivity index (χ0v) is 26.2. The van der Waals surface area contributed by atoms with Gasteiger partial charge >= 0.3 is 0 Å². The van der Waals surface area contributed by atoms with Crippen LogP contribution in [0.5, 0.6) is 11.5 Å².